The number of nitrogens with one attached hydrogen (secondary N) is 1. The van der Waals surface area contributed by atoms with E-state index in [1.807, 2.05) is 45.2 Å². The predicted octanol–water partition coefficient (Wildman–Crippen LogP) is 2.80. The number of ether oxygens (including phenoxy) is 2. The smallest absolute Gasteiger partial charge is 0.128 e. The SMILES string of the molecule is CNC(=S)C1=CC(C)(C)Oc2ccc(OC)cc21. The molecular weight excluding hydrogens is 246 g/mol. The van der Waals surface area contributed by atoms with Gasteiger partial charge in [0.25, 0.3) is 0 Å². The van der Waals surface area contributed by atoms with Gasteiger partial charge >= 0.3 is 0 Å². The Balaban J connectivity index is 2.57. The van der Waals surface area contributed by atoms with E-state index in [0.717, 1.165) is 22.6 Å². The maximum absolute atomic E-state index is 5.92. The molecule has 0 bridgehead atoms. The van der Waals surface area contributed by atoms with Gasteiger partial charge in [-0.2, -0.15) is 0 Å². The molecule has 0 atom stereocenters. The third kappa shape index (κ3) is 2.34. The normalized spacial score (nSPS) is 16.1. The molecule has 0 aromatic heterocycles. The Morgan fingerprint density at radius 1 is 1.39 bits per heavy atom. The number of methoxy groups -OCH3 is 1. The van der Waals surface area contributed by atoms with Crippen molar-refractivity contribution in [1.29, 1.82) is 0 Å². The topological polar surface area (TPSA) is 30.5 Å². The number of benzene rings is 1. The van der Waals surface area contributed by atoms with Gasteiger partial charge in [0, 0.05) is 18.2 Å². The van der Waals surface area contributed by atoms with E-state index >= 15 is 0 Å². The second kappa shape index (κ2) is 4.61. The first-order chi connectivity index (χ1) is 8.46. The van der Waals surface area contributed by atoms with Crippen molar-refractivity contribution in [3.63, 3.8) is 0 Å². The Hall–Kier alpha value is -1.55. The molecule has 0 unspecified atom stereocenters. The zero-order valence-corrected chi connectivity index (χ0v) is 11.9. The van der Waals surface area contributed by atoms with Gasteiger partial charge in [-0.25, -0.2) is 0 Å². The van der Waals surface area contributed by atoms with E-state index in [2.05, 4.69) is 5.32 Å². The lowest BCUT2D eigenvalue weighted by Crippen LogP contribution is -2.32. The minimum Gasteiger partial charge on any atom is -0.497 e. The standard InChI is InChI=1S/C14H17NO2S/c1-14(2)8-11(13(18)15-3)10-7-9(16-4)5-6-12(10)17-14/h5-8H,1-4H3,(H,15,18). The van der Waals surface area contributed by atoms with Crippen molar-refractivity contribution in [1.82, 2.24) is 5.32 Å². The van der Waals surface area contributed by atoms with Gasteiger partial charge in [0.05, 0.1) is 7.11 Å². The molecule has 1 N–H and O–H groups in total. The van der Waals surface area contributed by atoms with Crippen LogP contribution in [0.5, 0.6) is 11.5 Å². The highest BCUT2D eigenvalue weighted by Gasteiger charge is 2.28. The van der Waals surface area contributed by atoms with Crippen molar-refractivity contribution in [2.45, 2.75) is 19.4 Å². The van der Waals surface area contributed by atoms with Crippen molar-refractivity contribution in [3.8, 4) is 11.5 Å². The Kier molecular flexibility index (Phi) is 3.30. The van der Waals surface area contributed by atoms with Crippen LogP contribution in [-0.4, -0.2) is 24.7 Å². The average molecular weight is 263 g/mol. The first kappa shape index (κ1) is 12.9. The van der Waals surface area contributed by atoms with Crippen molar-refractivity contribution in [3.05, 3.63) is 29.8 Å². The molecular formula is C14H17NO2S. The molecule has 1 heterocycles. The van der Waals surface area contributed by atoms with E-state index in [1.54, 1.807) is 7.11 Å². The fourth-order valence-electron chi connectivity index (χ4n) is 2.00. The summed E-state index contributed by atoms with van der Waals surface area (Å²) in [4.78, 5) is 0.709. The van der Waals surface area contributed by atoms with Gasteiger partial charge in [-0.1, -0.05) is 12.2 Å². The van der Waals surface area contributed by atoms with Gasteiger partial charge < -0.3 is 14.8 Å². The van der Waals surface area contributed by atoms with Gasteiger partial charge in [-0.3, -0.25) is 0 Å². The van der Waals surface area contributed by atoms with E-state index in [9.17, 15) is 0 Å². The molecule has 2 rings (SSSR count). The first-order valence-corrected chi connectivity index (χ1v) is 6.20. The van der Waals surface area contributed by atoms with Gasteiger partial charge in [0.15, 0.2) is 0 Å². The summed E-state index contributed by atoms with van der Waals surface area (Å²) in [5, 5.41) is 3.02. The fraction of sp³-hybridized carbons (Fsp3) is 0.357. The summed E-state index contributed by atoms with van der Waals surface area (Å²) in [5.74, 6) is 1.62. The molecule has 96 valence electrons. The molecule has 0 amide bonds. The minimum atomic E-state index is -0.363. The van der Waals surface area contributed by atoms with E-state index in [4.69, 9.17) is 21.7 Å². The summed E-state index contributed by atoms with van der Waals surface area (Å²) < 4.78 is 11.2. The molecule has 18 heavy (non-hydrogen) atoms. The van der Waals surface area contributed by atoms with Crippen LogP contribution in [0.2, 0.25) is 0 Å². The van der Waals surface area contributed by atoms with Crippen molar-refractivity contribution in [2.24, 2.45) is 0 Å². The highest BCUT2D eigenvalue weighted by molar-refractivity contribution is 7.81. The number of thiocarbonyl (C=S) groups is 1. The van der Waals surface area contributed by atoms with Crippen LogP contribution < -0.4 is 14.8 Å². The van der Waals surface area contributed by atoms with Crippen molar-refractivity contribution in [2.75, 3.05) is 14.2 Å². The third-order valence-electron chi connectivity index (χ3n) is 2.81. The summed E-state index contributed by atoms with van der Waals surface area (Å²) in [6.45, 7) is 4.02. The summed E-state index contributed by atoms with van der Waals surface area (Å²) in [6, 6.07) is 5.75. The third-order valence-corrected chi connectivity index (χ3v) is 3.24. The van der Waals surface area contributed by atoms with Crippen LogP contribution in [0, 0.1) is 0 Å². The molecule has 3 nitrogen and oxygen atoms in total. The van der Waals surface area contributed by atoms with Gasteiger partial charge in [0.1, 0.15) is 22.1 Å². The Bertz CT molecular complexity index is 521. The number of rotatable bonds is 2. The predicted molar refractivity (Wildman–Crippen MR) is 77.3 cm³/mol. The molecule has 4 heteroatoms. The maximum Gasteiger partial charge on any atom is 0.128 e. The first-order valence-electron chi connectivity index (χ1n) is 5.79. The lowest BCUT2D eigenvalue weighted by atomic mass is 9.94. The van der Waals surface area contributed by atoms with Gasteiger partial charge in [-0.05, 0) is 38.1 Å². The summed E-state index contributed by atoms with van der Waals surface area (Å²) in [6.07, 6.45) is 2.04. The Labute approximate surface area is 113 Å². The van der Waals surface area contributed by atoms with Crippen LogP contribution in [0.1, 0.15) is 19.4 Å². The lowest BCUT2D eigenvalue weighted by molar-refractivity contribution is 0.158. The van der Waals surface area contributed by atoms with Gasteiger partial charge in [0.2, 0.25) is 0 Å². The highest BCUT2D eigenvalue weighted by atomic mass is 32.1. The fourth-order valence-corrected chi connectivity index (χ4v) is 2.17. The van der Waals surface area contributed by atoms with Gasteiger partial charge in [-0.15, -0.1) is 0 Å². The van der Waals surface area contributed by atoms with Crippen LogP contribution in [0.4, 0.5) is 0 Å². The molecule has 0 radical (unpaired) electrons. The molecule has 1 aliphatic heterocycles. The zero-order chi connectivity index (χ0) is 13.3. The molecule has 0 fully saturated rings. The van der Waals surface area contributed by atoms with E-state index < -0.39 is 0 Å². The molecule has 1 aromatic rings. The molecule has 0 spiro atoms. The molecule has 0 saturated heterocycles. The summed E-state index contributed by atoms with van der Waals surface area (Å²) in [5.41, 5.74) is 1.59. The molecule has 0 saturated carbocycles. The number of hydrogen-bond donors (Lipinski definition) is 1. The average Bonchev–Trinajstić information content (AvgIpc) is 2.35. The van der Waals surface area contributed by atoms with Crippen LogP contribution in [0.25, 0.3) is 5.57 Å². The number of fused-ring (bicyclic) bond motifs is 1. The summed E-state index contributed by atoms with van der Waals surface area (Å²) in [7, 11) is 3.47. The summed E-state index contributed by atoms with van der Waals surface area (Å²) >= 11 is 5.36. The number of hydrogen-bond acceptors (Lipinski definition) is 3. The maximum atomic E-state index is 5.92. The highest BCUT2D eigenvalue weighted by Crippen LogP contribution is 2.38. The van der Waals surface area contributed by atoms with Crippen molar-refractivity contribution >= 4 is 22.8 Å². The van der Waals surface area contributed by atoms with Crippen LogP contribution in [-0.2, 0) is 0 Å². The van der Waals surface area contributed by atoms with Crippen LogP contribution in [0.15, 0.2) is 24.3 Å². The Morgan fingerprint density at radius 3 is 2.72 bits per heavy atom. The van der Waals surface area contributed by atoms with E-state index in [1.165, 1.54) is 0 Å². The lowest BCUT2D eigenvalue weighted by Gasteiger charge is -2.31. The van der Waals surface area contributed by atoms with E-state index in [0.29, 0.717) is 4.99 Å². The van der Waals surface area contributed by atoms with Crippen molar-refractivity contribution < 1.29 is 9.47 Å². The molecule has 1 aromatic carbocycles. The van der Waals surface area contributed by atoms with Crippen LogP contribution in [0.3, 0.4) is 0 Å². The second-order valence-electron chi connectivity index (χ2n) is 4.70. The zero-order valence-electron chi connectivity index (χ0n) is 11.0. The molecule has 1 aliphatic rings. The number of likely N-dealkylation sites (N-methyl/N-ethyl adjacent to an activating group) is 1. The minimum absolute atomic E-state index is 0.363. The molecule has 0 aliphatic carbocycles. The second-order valence-corrected chi connectivity index (χ2v) is 5.11. The van der Waals surface area contributed by atoms with Crippen LogP contribution >= 0.6 is 12.2 Å². The largest absolute Gasteiger partial charge is 0.497 e. The Morgan fingerprint density at radius 2 is 2.11 bits per heavy atom. The van der Waals surface area contributed by atoms with E-state index in [-0.39, 0.29) is 5.60 Å². The monoisotopic (exact) mass is 263 g/mol. The quantitative estimate of drug-likeness (QED) is 0.831.